The molecule has 1 fully saturated rings. The van der Waals surface area contributed by atoms with E-state index in [0.717, 1.165) is 34.7 Å². The lowest BCUT2D eigenvalue weighted by molar-refractivity contribution is -0.115. The molecular weight excluding hydrogens is 426 g/mol. The Labute approximate surface area is 178 Å². The van der Waals surface area contributed by atoms with Crippen molar-refractivity contribution in [3.05, 3.63) is 52.9 Å². The number of hydrogen-bond acceptors (Lipinski definition) is 6. The summed E-state index contributed by atoms with van der Waals surface area (Å²) < 4.78 is 27.3. The number of thiophene rings is 1. The Bertz CT molecular complexity index is 1070. The molecule has 4 rings (SSSR count). The maximum absolute atomic E-state index is 12.7. The maximum atomic E-state index is 12.7. The van der Waals surface area contributed by atoms with Gasteiger partial charge in [-0.05, 0) is 49.2 Å². The van der Waals surface area contributed by atoms with Crippen LogP contribution in [0.2, 0.25) is 0 Å². The monoisotopic (exact) mass is 447 g/mol. The van der Waals surface area contributed by atoms with E-state index in [1.165, 1.54) is 11.3 Å². The number of nitrogens with zero attached hydrogens (tertiary/aromatic N) is 2. The summed E-state index contributed by atoms with van der Waals surface area (Å²) in [7, 11) is -3.45. The molecule has 0 unspecified atom stereocenters. The molecule has 0 bridgehead atoms. The van der Waals surface area contributed by atoms with Gasteiger partial charge in [0, 0.05) is 40.8 Å². The van der Waals surface area contributed by atoms with Gasteiger partial charge in [-0.25, -0.2) is 13.4 Å². The molecule has 1 saturated heterocycles. The summed E-state index contributed by atoms with van der Waals surface area (Å²) in [6, 6.07) is 10.9. The minimum atomic E-state index is -3.45. The molecule has 1 amide bonds. The molecule has 1 aliphatic heterocycles. The molecule has 0 spiro atoms. The highest BCUT2D eigenvalue weighted by molar-refractivity contribution is 7.91. The van der Waals surface area contributed by atoms with Crippen LogP contribution in [0, 0.1) is 0 Å². The van der Waals surface area contributed by atoms with Crippen LogP contribution >= 0.6 is 22.7 Å². The summed E-state index contributed by atoms with van der Waals surface area (Å²) in [4.78, 5) is 17.4. The highest BCUT2D eigenvalue weighted by atomic mass is 32.2. The molecule has 6 nitrogen and oxygen atoms in total. The lowest BCUT2D eigenvalue weighted by Gasteiger charge is -2.25. The third-order valence-corrected chi connectivity index (χ3v) is 9.00. The summed E-state index contributed by atoms with van der Waals surface area (Å²) in [5.41, 5.74) is 1.71. The predicted molar refractivity (Wildman–Crippen MR) is 117 cm³/mol. The minimum absolute atomic E-state index is 0.147. The van der Waals surface area contributed by atoms with Crippen molar-refractivity contribution in [3.8, 4) is 10.6 Å². The summed E-state index contributed by atoms with van der Waals surface area (Å²) in [6.45, 7) is 1.15. The molecule has 0 saturated carbocycles. The Morgan fingerprint density at radius 2 is 1.83 bits per heavy atom. The molecule has 1 aromatic carbocycles. The van der Waals surface area contributed by atoms with Gasteiger partial charge in [-0.3, -0.25) is 4.79 Å². The number of carbonyl (C=O) groups is 1. The number of aromatic nitrogens is 1. The second-order valence-electron chi connectivity index (χ2n) is 6.83. The number of anilines is 1. The van der Waals surface area contributed by atoms with Crippen LogP contribution in [0.4, 0.5) is 5.69 Å². The summed E-state index contributed by atoms with van der Waals surface area (Å²) in [6.07, 6.45) is 4.79. The zero-order valence-corrected chi connectivity index (χ0v) is 18.2. The van der Waals surface area contributed by atoms with E-state index in [-0.39, 0.29) is 12.3 Å². The first kappa shape index (κ1) is 20.2. The number of amides is 1. The second kappa shape index (κ2) is 8.74. The lowest BCUT2D eigenvalue weighted by atomic mass is 10.2. The number of hydrogen-bond donors (Lipinski definition) is 1. The third-order valence-electron chi connectivity index (χ3n) is 4.73. The molecule has 3 heterocycles. The van der Waals surface area contributed by atoms with E-state index in [9.17, 15) is 13.2 Å². The first-order valence-electron chi connectivity index (χ1n) is 9.41. The van der Waals surface area contributed by atoms with Crippen molar-refractivity contribution < 1.29 is 13.2 Å². The van der Waals surface area contributed by atoms with Crippen molar-refractivity contribution in [1.29, 1.82) is 0 Å². The Morgan fingerprint density at radius 3 is 2.52 bits per heavy atom. The smallest absolute Gasteiger partial charge is 0.252 e. The van der Waals surface area contributed by atoms with E-state index in [2.05, 4.69) is 10.3 Å². The van der Waals surface area contributed by atoms with E-state index in [4.69, 9.17) is 0 Å². The van der Waals surface area contributed by atoms with Crippen LogP contribution in [0.25, 0.3) is 10.6 Å². The molecular formula is C20H21N3O3S3. The van der Waals surface area contributed by atoms with Crippen LogP contribution in [-0.4, -0.2) is 36.7 Å². The minimum Gasteiger partial charge on any atom is -0.326 e. The topological polar surface area (TPSA) is 79.4 Å². The van der Waals surface area contributed by atoms with Crippen molar-refractivity contribution in [3.63, 3.8) is 0 Å². The van der Waals surface area contributed by atoms with E-state index in [1.54, 1.807) is 34.0 Å². The van der Waals surface area contributed by atoms with Gasteiger partial charge >= 0.3 is 0 Å². The SMILES string of the molecule is O=C(Cc1ccc(S(=O)(=O)N2CCCCC2)s1)Nc1ccc(-c2nccs2)cc1. The predicted octanol–water partition coefficient (Wildman–Crippen LogP) is 4.23. The third kappa shape index (κ3) is 4.75. The Kier molecular flexibility index (Phi) is 6.09. The van der Waals surface area contributed by atoms with Gasteiger partial charge in [0.05, 0.1) is 6.42 Å². The summed E-state index contributed by atoms with van der Waals surface area (Å²) in [5.74, 6) is -0.171. The maximum Gasteiger partial charge on any atom is 0.252 e. The van der Waals surface area contributed by atoms with Crippen LogP contribution in [-0.2, 0) is 21.2 Å². The van der Waals surface area contributed by atoms with Crippen LogP contribution < -0.4 is 5.32 Å². The van der Waals surface area contributed by atoms with Gasteiger partial charge in [-0.15, -0.1) is 22.7 Å². The summed E-state index contributed by atoms with van der Waals surface area (Å²) >= 11 is 2.74. The van der Waals surface area contributed by atoms with Gasteiger partial charge in [0.2, 0.25) is 5.91 Å². The molecule has 1 aliphatic rings. The highest BCUT2D eigenvalue weighted by Gasteiger charge is 2.27. The fraction of sp³-hybridized carbons (Fsp3) is 0.300. The van der Waals surface area contributed by atoms with Crippen molar-refractivity contribution in [2.75, 3.05) is 18.4 Å². The zero-order chi connectivity index (χ0) is 20.3. The normalized spacial score (nSPS) is 15.3. The molecule has 3 aromatic rings. The largest absolute Gasteiger partial charge is 0.326 e. The standard InChI is InChI=1S/C20H21N3O3S3/c24-18(22-16-6-4-15(5-7-16)20-21-10-13-27-20)14-17-8-9-19(28-17)29(25,26)23-11-2-1-3-12-23/h4-10,13H,1-3,11-12,14H2,(H,22,24). The molecule has 0 aliphatic carbocycles. The average Bonchev–Trinajstić information content (AvgIpc) is 3.42. The van der Waals surface area contributed by atoms with Crippen LogP contribution in [0.1, 0.15) is 24.1 Å². The quantitative estimate of drug-likeness (QED) is 0.613. The number of piperidine rings is 1. The first-order chi connectivity index (χ1) is 14.0. The van der Waals surface area contributed by atoms with E-state index < -0.39 is 10.0 Å². The fourth-order valence-corrected chi connectivity index (χ4v) is 6.92. The molecule has 9 heteroatoms. The van der Waals surface area contributed by atoms with Crippen LogP contribution in [0.15, 0.2) is 52.2 Å². The molecule has 152 valence electrons. The van der Waals surface area contributed by atoms with E-state index in [1.807, 2.05) is 29.6 Å². The molecule has 1 N–H and O–H groups in total. The lowest BCUT2D eigenvalue weighted by Crippen LogP contribution is -2.35. The van der Waals surface area contributed by atoms with Crippen LogP contribution in [0.3, 0.4) is 0 Å². The second-order valence-corrected chi connectivity index (χ2v) is 11.1. The van der Waals surface area contributed by atoms with Gasteiger partial charge in [-0.1, -0.05) is 6.42 Å². The number of thiazole rings is 1. The molecule has 0 radical (unpaired) electrons. The number of carbonyl (C=O) groups excluding carboxylic acids is 1. The van der Waals surface area contributed by atoms with E-state index in [0.29, 0.717) is 23.0 Å². The average molecular weight is 448 g/mol. The zero-order valence-electron chi connectivity index (χ0n) is 15.7. The van der Waals surface area contributed by atoms with Gasteiger partial charge in [0.25, 0.3) is 10.0 Å². The van der Waals surface area contributed by atoms with Gasteiger partial charge in [-0.2, -0.15) is 4.31 Å². The number of benzene rings is 1. The highest BCUT2D eigenvalue weighted by Crippen LogP contribution is 2.28. The van der Waals surface area contributed by atoms with Crippen molar-refractivity contribution in [2.24, 2.45) is 0 Å². The molecule has 0 atom stereocenters. The van der Waals surface area contributed by atoms with Gasteiger partial charge in [0.1, 0.15) is 9.22 Å². The Balaban J connectivity index is 1.38. The van der Waals surface area contributed by atoms with Crippen molar-refractivity contribution >= 4 is 44.3 Å². The molecule has 2 aromatic heterocycles. The number of sulfonamides is 1. The van der Waals surface area contributed by atoms with Crippen molar-refractivity contribution in [1.82, 2.24) is 9.29 Å². The Morgan fingerprint density at radius 1 is 1.07 bits per heavy atom. The van der Waals surface area contributed by atoms with Gasteiger partial charge < -0.3 is 5.32 Å². The fourth-order valence-electron chi connectivity index (χ4n) is 3.25. The van der Waals surface area contributed by atoms with Crippen LogP contribution in [0.5, 0.6) is 0 Å². The van der Waals surface area contributed by atoms with Gasteiger partial charge in [0.15, 0.2) is 0 Å². The van der Waals surface area contributed by atoms with E-state index >= 15 is 0 Å². The molecule has 29 heavy (non-hydrogen) atoms. The summed E-state index contributed by atoms with van der Waals surface area (Å²) in [5, 5.41) is 5.72. The van der Waals surface area contributed by atoms with Crippen molar-refractivity contribution in [2.45, 2.75) is 29.9 Å². The number of rotatable bonds is 6. The Hall–Kier alpha value is -2.07. The first-order valence-corrected chi connectivity index (χ1v) is 12.5. The number of nitrogens with one attached hydrogen (secondary N) is 1.